The van der Waals surface area contributed by atoms with E-state index in [1.165, 1.54) is 6.07 Å². The number of rotatable bonds is 5. The zero-order chi connectivity index (χ0) is 15.5. The van der Waals surface area contributed by atoms with Gasteiger partial charge in [-0.25, -0.2) is 0 Å². The molecule has 2 rings (SSSR count). The molecule has 0 fully saturated rings. The lowest BCUT2D eigenvalue weighted by Crippen LogP contribution is -2.17. The fourth-order valence-corrected chi connectivity index (χ4v) is 2.92. The van der Waals surface area contributed by atoms with E-state index in [1.54, 1.807) is 12.1 Å². The first-order chi connectivity index (χ1) is 9.86. The topological polar surface area (TPSA) is 63.6 Å². The molecule has 5 heteroatoms. The van der Waals surface area contributed by atoms with Crippen LogP contribution in [0.2, 0.25) is 0 Å². The third-order valence-corrected chi connectivity index (χ3v) is 4.04. The Morgan fingerprint density at radius 1 is 1.14 bits per heavy atom. The molecule has 0 aromatic heterocycles. The summed E-state index contributed by atoms with van der Waals surface area (Å²) in [6.45, 7) is 3.74. The van der Waals surface area contributed by atoms with Crippen LogP contribution in [0.5, 0.6) is 5.75 Å². The zero-order valence-electron chi connectivity index (χ0n) is 12.0. The summed E-state index contributed by atoms with van der Waals surface area (Å²) in [5.41, 5.74) is 1.49. The molecule has 0 heterocycles. The lowest BCUT2D eigenvalue weighted by atomic mass is 10.1. The van der Waals surface area contributed by atoms with Gasteiger partial charge in [0.05, 0.1) is 11.0 Å². The van der Waals surface area contributed by atoms with E-state index in [0.29, 0.717) is 12.0 Å². The van der Waals surface area contributed by atoms with Crippen LogP contribution in [0.25, 0.3) is 0 Å². The lowest BCUT2D eigenvalue weighted by molar-refractivity contribution is 0.221. The highest BCUT2D eigenvalue weighted by Crippen LogP contribution is 2.21. The molecule has 0 aliphatic heterocycles. The van der Waals surface area contributed by atoms with Crippen molar-refractivity contribution in [3.63, 3.8) is 0 Å². The van der Waals surface area contributed by atoms with Crippen molar-refractivity contribution in [2.75, 3.05) is 0 Å². The minimum Gasteiger partial charge on any atom is -0.490 e. The highest BCUT2D eigenvalue weighted by atomic mass is 32.2. The molecule has 0 spiro atoms. The summed E-state index contributed by atoms with van der Waals surface area (Å²) in [7, 11) is -4.22. The number of hydrogen-bond donors (Lipinski definition) is 1. The average Bonchev–Trinajstić information content (AvgIpc) is 2.38. The van der Waals surface area contributed by atoms with Crippen LogP contribution >= 0.6 is 0 Å². The highest BCUT2D eigenvalue weighted by molar-refractivity contribution is 7.85. The fraction of sp³-hybridized carbons (Fsp3) is 0.250. The Labute approximate surface area is 125 Å². The minimum absolute atomic E-state index is 0.0587. The number of benzene rings is 2. The SMILES string of the molecule is Cc1ccc(S(=O)(=O)O)c(CC(C)Oc2ccccc2)c1. The van der Waals surface area contributed by atoms with E-state index >= 15 is 0 Å². The summed E-state index contributed by atoms with van der Waals surface area (Å²) in [6.07, 6.45) is 0.181. The van der Waals surface area contributed by atoms with Crippen LogP contribution in [0.15, 0.2) is 53.4 Å². The Morgan fingerprint density at radius 2 is 1.81 bits per heavy atom. The van der Waals surface area contributed by atoms with Gasteiger partial charge in [0.15, 0.2) is 0 Å². The maximum absolute atomic E-state index is 11.4. The van der Waals surface area contributed by atoms with Crippen molar-refractivity contribution in [3.8, 4) is 5.75 Å². The second kappa shape index (κ2) is 6.28. The Hall–Kier alpha value is -1.85. The van der Waals surface area contributed by atoms with Gasteiger partial charge in [0.1, 0.15) is 5.75 Å². The first-order valence-corrected chi connectivity index (χ1v) is 8.09. The van der Waals surface area contributed by atoms with Crippen molar-refractivity contribution in [1.29, 1.82) is 0 Å². The fourth-order valence-electron chi connectivity index (χ4n) is 2.20. The lowest BCUT2D eigenvalue weighted by Gasteiger charge is -2.16. The molecule has 0 aliphatic rings. The van der Waals surface area contributed by atoms with Gasteiger partial charge in [0, 0.05) is 6.42 Å². The van der Waals surface area contributed by atoms with E-state index in [4.69, 9.17) is 4.74 Å². The molecular weight excluding hydrogens is 288 g/mol. The predicted octanol–water partition coefficient (Wildman–Crippen LogP) is 3.25. The molecule has 1 unspecified atom stereocenters. The highest BCUT2D eigenvalue weighted by Gasteiger charge is 2.17. The van der Waals surface area contributed by atoms with Crippen molar-refractivity contribution < 1.29 is 17.7 Å². The van der Waals surface area contributed by atoms with Gasteiger partial charge in [-0.15, -0.1) is 0 Å². The van der Waals surface area contributed by atoms with Gasteiger partial charge >= 0.3 is 0 Å². The second-order valence-corrected chi connectivity index (χ2v) is 6.42. The van der Waals surface area contributed by atoms with Crippen molar-refractivity contribution >= 4 is 10.1 Å². The van der Waals surface area contributed by atoms with E-state index in [2.05, 4.69) is 0 Å². The molecule has 0 bridgehead atoms. The Kier molecular flexibility index (Phi) is 4.65. The molecule has 0 radical (unpaired) electrons. The van der Waals surface area contributed by atoms with Gasteiger partial charge < -0.3 is 4.74 Å². The molecular formula is C16H18O4S. The molecule has 0 amide bonds. The summed E-state index contributed by atoms with van der Waals surface area (Å²) in [4.78, 5) is -0.0587. The van der Waals surface area contributed by atoms with Gasteiger partial charge in [-0.05, 0) is 37.6 Å². The van der Waals surface area contributed by atoms with Crippen LogP contribution in [0.4, 0.5) is 0 Å². The summed E-state index contributed by atoms with van der Waals surface area (Å²) < 4.78 is 37.9. The molecule has 0 saturated heterocycles. The maximum atomic E-state index is 11.4. The average molecular weight is 306 g/mol. The Morgan fingerprint density at radius 3 is 2.43 bits per heavy atom. The van der Waals surface area contributed by atoms with Gasteiger partial charge in [0.2, 0.25) is 0 Å². The van der Waals surface area contributed by atoms with Crippen LogP contribution in [-0.4, -0.2) is 19.1 Å². The summed E-state index contributed by atoms with van der Waals surface area (Å²) in [6, 6.07) is 14.2. The van der Waals surface area contributed by atoms with Crippen molar-refractivity contribution in [2.24, 2.45) is 0 Å². The van der Waals surface area contributed by atoms with Crippen LogP contribution < -0.4 is 4.74 Å². The third-order valence-electron chi connectivity index (χ3n) is 3.08. The van der Waals surface area contributed by atoms with Gasteiger partial charge in [-0.3, -0.25) is 4.55 Å². The molecule has 0 aliphatic carbocycles. The summed E-state index contributed by atoms with van der Waals surface area (Å²) in [5, 5.41) is 0. The number of hydrogen-bond acceptors (Lipinski definition) is 3. The first-order valence-electron chi connectivity index (χ1n) is 6.65. The standard InChI is InChI=1S/C16H18O4S/c1-12-8-9-16(21(17,18)19)14(10-12)11-13(2)20-15-6-4-3-5-7-15/h3-10,13H,11H2,1-2H3,(H,17,18,19). The monoisotopic (exact) mass is 306 g/mol. The van der Waals surface area contributed by atoms with Crippen molar-refractivity contribution in [3.05, 3.63) is 59.7 Å². The quantitative estimate of drug-likeness (QED) is 0.861. The van der Waals surface area contributed by atoms with Crippen LogP contribution in [0, 0.1) is 6.92 Å². The van der Waals surface area contributed by atoms with Crippen LogP contribution in [0.3, 0.4) is 0 Å². The summed E-state index contributed by atoms with van der Waals surface area (Å²) >= 11 is 0. The normalized spacial score (nSPS) is 12.9. The van der Waals surface area contributed by atoms with Crippen LogP contribution in [-0.2, 0) is 16.5 Å². The minimum atomic E-state index is -4.22. The van der Waals surface area contributed by atoms with E-state index in [9.17, 15) is 13.0 Å². The molecule has 112 valence electrons. The van der Waals surface area contributed by atoms with Gasteiger partial charge in [-0.2, -0.15) is 8.42 Å². The van der Waals surface area contributed by atoms with E-state index in [-0.39, 0.29) is 11.0 Å². The Bertz CT molecular complexity index is 708. The second-order valence-electron chi connectivity index (χ2n) is 5.03. The third kappa shape index (κ3) is 4.31. The molecule has 21 heavy (non-hydrogen) atoms. The zero-order valence-corrected chi connectivity index (χ0v) is 12.8. The largest absolute Gasteiger partial charge is 0.490 e. The maximum Gasteiger partial charge on any atom is 0.294 e. The Balaban J connectivity index is 2.21. The number of para-hydroxylation sites is 1. The van der Waals surface area contributed by atoms with Crippen LogP contribution in [0.1, 0.15) is 18.1 Å². The van der Waals surface area contributed by atoms with Gasteiger partial charge in [-0.1, -0.05) is 35.9 Å². The predicted molar refractivity (Wildman–Crippen MR) is 81.2 cm³/mol. The first kappa shape index (κ1) is 15.5. The smallest absolute Gasteiger partial charge is 0.294 e. The van der Waals surface area contributed by atoms with E-state index < -0.39 is 10.1 Å². The van der Waals surface area contributed by atoms with Crippen molar-refractivity contribution in [2.45, 2.75) is 31.3 Å². The molecule has 2 aromatic carbocycles. The van der Waals surface area contributed by atoms with Crippen molar-refractivity contribution in [1.82, 2.24) is 0 Å². The number of aryl methyl sites for hydroxylation is 1. The molecule has 1 atom stereocenters. The number of ether oxygens (including phenoxy) is 1. The summed E-state index contributed by atoms with van der Waals surface area (Å²) in [5.74, 6) is 0.728. The van der Waals surface area contributed by atoms with Gasteiger partial charge in [0.25, 0.3) is 10.1 Å². The molecule has 2 aromatic rings. The molecule has 1 N–H and O–H groups in total. The molecule has 0 saturated carbocycles. The van der Waals surface area contributed by atoms with E-state index in [1.807, 2.05) is 44.2 Å². The molecule has 4 nitrogen and oxygen atoms in total. The van der Waals surface area contributed by atoms with E-state index in [0.717, 1.165) is 11.3 Å².